The smallest absolute Gasteiger partial charge is 0.259 e. The molecule has 114 valence electrons. The highest BCUT2D eigenvalue weighted by atomic mass is 35.5. The van der Waals surface area contributed by atoms with Crippen LogP contribution in [0.3, 0.4) is 0 Å². The maximum absolute atomic E-state index is 13.0. The van der Waals surface area contributed by atoms with Gasteiger partial charge >= 0.3 is 0 Å². The van der Waals surface area contributed by atoms with E-state index in [1.807, 2.05) is 0 Å². The van der Waals surface area contributed by atoms with E-state index < -0.39 is 15.7 Å². The van der Waals surface area contributed by atoms with Crippen molar-refractivity contribution in [2.45, 2.75) is 10.6 Å². The van der Waals surface area contributed by atoms with Gasteiger partial charge in [-0.05, 0) is 29.6 Å². The molecule has 0 spiro atoms. The first-order valence-corrected chi connectivity index (χ1v) is 8.96. The van der Waals surface area contributed by atoms with Gasteiger partial charge in [0.05, 0.1) is 15.5 Å². The molecule has 0 unspecified atom stereocenters. The summed E-state index contributed by atoms with van der Waals surface area (Å²) in [6, 6.07) is 5.22. The van der Waals surface area contributed by atoms with Gasteiger partial charge in [-0.25, -0.2) is 12.8 Å². The summed E-state index contributed by atoms with van der Waals surface area (Å²) in [4.78, 5) is 4.22. The van der Waals surface area contributed by atoms with Gasteiger partial charge in [-0.1, -0.05) is 16.8 Å². The number of benzene rings is 1. The number of thiophene rings is 1. The van der Waals surface area contributed by atoms with Crippen LogP contribution in [0.2, 0.25) is 5.02 Å². The van der Waals surface area contributed by atoms with Crippen LogP contribution in [0.25, 0.3) is 11.5 Å². The molecule has 0 N–H and O–H groups in total. The maximum atomic E-state index is 13.0. The minimum absolute atomic E-state index is 0.0154. The SMILES string of the molecule is O=S(=O)(Cc1noc(-c2ccc(F)cc2Cl)n1)c1ccsc1. The Morgan fingerprint density at radius 1 is 1.32 bits per heavy atom. The minimum Gasteiger partial charge on any atom is -0.334 e. The van der Waals surface area contributed by atoms with Gasteiger partial charge < -0.3 is 4.52 Å². The third-order valence-electron chi connectivity index (χ3n) is 2.80. The lowest BCUT2D eigenvalue weighted by Crippen LogP contribution is -2.05. The zero-order chi connectivity index (χ0) is 15.7. The van der Waals surface area contributed by atoms with E-state index in [-0.39, 0.29) is 27.4 Å². The first-order valence-electron chi connectivity index (χ1n) is 5.99. The molecule has 0 radical (unpaired) electrons. The molecule has 5 nitrogen and oxygen atoms in total. The normalized spacial score (nSPS) is 11.7. The Balaban J connectivity index is 1.88. The summed E-state index contributed by atoms with van der Waals surface area (Å²) in [5.41, 5.74) is 0.342. The molecule has 3 rings (SSSR count). The number of hydrogen-bond donors (Lipinski definition) is 0. The van der Waals surface area contributed by atoms with Gasteiger partial charge in [0.25, 0.3) is 5.89 Å². The highest BCUT2D eigenvalue weighted by Crippen LogP contribution is 2.27. The van der Waals surface area contributed by atoms with Gasteiger partial charge in [-0.3, -0.25) is 0 Å². The van der Waals surface area contributed by atoms with E-state index in [1.165, 1.54) is 34.9 Å². The van der Waals surface area contributed by atoms with Gasteiger partial charge in [0.1, 0.15) is 11.6 Å². The highest BCUT2D eigenvalue weighted by Gasteiger charge is 2.21. The average molecular weight is 359 g/mol. The Labute approximate surface area is 134 Å². The van der Waals surface area contributed by atoms with Gasteiger partial charge in [0.2, 0.25) is 0 Å². The molecular formula is C13H8ClFN2O3S2. The van der Waals surface area contributed by atoms with Crippen LogP contribution in [0.4, 0.5) is 4.39 Å². The third kappa shape index (κ3) is 3.03. The van der Waals surface area contributed by atoms with Crippen molar-refractivity contribution in [2.75, 3.05) is 0 Å². The molecule has 9 heteroatoms. The molecule has 3 aromatic rings. The Bertz CT molecular complexity index is 907. The van der Waals surface area contributed by atoms with E-state index in [2.05, 4.69) is 10.1 Å². The summed E-state index contributed by atoms with van der Waals surface area (Å²) in [5, 5.41) is 6.95. The molecule has 2 aromatic heterocycles. The van der Waals surface area contributed by atoms with Crippen LogP contribution in [0.1, 0.15) is 5.82 Å². The Kier molecular flexibility index (Phi) is 3.98. The number of halogens is 2. The average Bonchev–Trinajstić information content (AvgIpc) is 3.09. The summed E-state index contributed by atoms with van der Waals surface area (Å²) < 4.78 is 42.3. The van der Waals surface area contributed by atoms with Crippen molar-refractivity contribution in [3.8, 4) is 11.5 Å². The molecule has 0 fully saturated rings. The largest absolute Gasteiger partial charge is 0.334 e. The molecule has 1 aromatic carbocycles. The number of rotatable bonds is 4. The fourth-order valence-electron chi connectivity index (χ4n) is 1.77. The van der Waals surface area contributed by atoms with Gasteiger partial charge in [-0.2, -0.15) is 16.3 Å². The Morgan fingerprint density at radius 2 is 2.14 bits per heavy atom. The van der Waals surface area contributed by atoms with Crippen molar-refractivity contribution in [1.29, 1.82) is 0 Å². The molecule has 0 saturated heterocycles. The molecule has 0 saturated carbocycles. The quantitative estimate of drug-likeness (QED) is 0.713. The zero-order valence-electron chi connectivity index (χ0n) is 10.9. The molecule has 0 atom stereocenters. The molecule has 0 amide bonds. The summed E-state index contributed by atoms with van der Waals surface area (Å²) in [7, 11) is -3.52. The van der Waals surface area contributed by atoms with Crippen molar-refractivity contribution >= 4 is 32.8 Å². The first-order chi connectivity index (χ1) is 10.5. The van der Waals surface area contributed by atoms with Crippen LogP contribution < -0.4 is 0 Å². The summed E-state index contributed by atoms with van der Waals surface area (Å²) >= 11 is 7.19. The predicted octanol–water partition coefficient (Wildman–Crippen LogP) is 3.56. The van der Waals surface area contributed by atoms with E-state index in [0.717, 1.165) is 6.07 Å². The summed E-state index contributed by atoms with van der Waals surface area (Å²) in [6.07, 6.45) is 0. The van der Waals surface area contributed by atoms with Crippen molar-refractivity contribution in [1.82, 2.24) is 10.1 Å². The van der Waals surface area contributed by atoms with Crippen molar-refractivity contribution < 1.29 is 17.3 Å². The highest BCUT2D eigenvalue weighted by molar-refractivity contribution is 7.90. The molecule has 22 heavy (non-hydrogen) atoms. The van der Waals surface area contributed by atoms with E-state index in [4.69, 9.17) is 16.1 Å². The lowest BCUT2D eigenvalue weighted by molar-refractivity contribution is 0.424. The predicted molar refractivity (Wildman–Crippen MR) is 79.9 cm³/mol. The molecule has 2 heterocycles. The van der Waals surface area contributed by atoms with Gasteiger partial charge in [-0.15, -0.1) is 0 Å². The van der Waals surface area contributed by atoms with Crippen molar-refractivity contribution in [2.24, 2.45) is 0 Å². The monoisotopic (exact) mass is 358 g/mol. The second kappa shape index (κ2) is 5.79. The third-order valence-corrected chi connectivity index (χ3v) is 5.56. The molecule has 0 aliphatic heterocycles. The van der Waals surface area contributed by atoms with Crippen LogP contribution in [-0.4, -0.2) is 18.6 Å². The topological polar surface area (TPSA) is 73.1 Å². The van der Waals surface area contributed by atoms with Gasteiger partial charge in [0, 0.05) is 5.38 Å². The molecular weight excluding hydrogens is 351 g/mol. The molecule has 0 bridgehead atoms. The summed E-state index contributed by atoms with van der Waals surface area (Å²) in [6.45, 7) is 0. The van der Waals surface area contributed by atoms with E-state index >= 15 is 0 Å². The second-order valence-corrected chi connectivity index (χ2v) is 7.53. The Hall–Kier alpha value is -1.77. The number of sulfone groups is 1. The van der Waals surface area contributed by atoms with Crippen LogP contribution in [0.5, 0.6) is 0 Å². The van der Waals surface area contributed by atoms with Crippen LogP contribution in [-0.2, 0) is 15.6 Å². The zero-order valence-corrected chi connectivity index (χ0v) is 13.3. The second-order valence-electron chi connectivity index (χ2n) is 4.36. The fourth-order valence-corrected chi connectivity index (χ4v) is 4.27. The van der Waals surface area contributed by atoms with Crippen LogP contribution in [0.15, 0.2) is 44.4 Å². The fraction of sp³-hybridized carbons (Fsp3) is 0.0769. The lowest BCUT2D eigenvalue weighted by atomic mass is 10.2. The van der Waals surface area contributed by atoms with E-state index in [1.54, 1.807) is 5.38 Å². The Morgan fingerprint density at radius 3 is 2.82 bits per heavy atom. The van der Waals surface area contributed by atoms with Gasteiger partial charge in [0.15, 0.2) is 15.7 Å². The number of aromatic nitrogens is 2. The summed E-state index contributed by atoms with van der Waals surface area (Å²) in [5.74, 6) is -0.817. The molecule has 0 aliphatic rings. The lowest BCUT2D eigenvalue weighted by Gasteiger charge is -1.98. The van der Waals surface area contributed by atoms with Crippen LogP contribution in [0, 0.1) is 5.82 Å². The minimum atomic E-state index is -3.52. The maximum Gasteiger partial charge on any atom is 0.259 e. The van der Waals surface area contributed by atoms with Crippen molar-refractivity contribution in [3.63, 3.8) is 0 Å². The number of hydrogen-bond acceptors (Lipinski definition) is 6. The van der Waals surface area contributed by atoms with E-state index in [9.17, 15) is 12.8 Å². The van der Waals surface area contributed by atoms with Crippen molar-refractivity contribution in [3.05, 3.63) is 51.7 Å². The standard InChI is InChI=1S/C13H8ClFN2O3S2/c14-11-5-8(15)1-2-10(11)13-16-12(17-20-13)7-22(18,19)9-3-4-21-6-9/h1-6H,7H2. The van der Waals surface area contributed by atoms with Crippen LogP contribution >= 0.6 is 22.9 Å². The number of nitrogens with zero attached hydrogens (tertiary/aromatic N) is 2. The molecule has 0 aliphatic carbocycles. The first kappa shape index (κ1) is 15.1. The van der Waals surface area contributed by atoms with E-state index in [0.29, 0.717) is 5.56 Å².